The number of hydrogen-bond donors (Lipinski definition) is 2. The first kappa shape index (κ1) is 21.7. The normalized spacial score (nSPS) is 10.9. The first-order chi connectivity index (χ1) is 15.6. The van der Waals surface area contributed by atoms with Gasteiger partial charge in [0.1, 0.15) is 6.54 Å². The number of hydrogen-bond acceptors (Lipinski definition) is 3. The molecule has 3 aromatic carbocycles. The number of H-pyrrole nitrogens is 1. The van der Waals surface area contributed by atoms with Gasteiger partial charge < -0.3 is 5.32 Å². The van der Waals surface area contributed by atoms with E-state index in [1.165, 1.54) is 16.7 Å². The summed E-state index contributed by atoms with van der Waals surface area (Å²) in [5.74, 6) is 0.796. The number of nitrogens with zero attached hydrogens (tertiary/aromatic N) is 2. The standard InChI is InChI=1S/C26H26N4OS/c1-19-12-14-22(15-13-19)25-28-29-26(32)30(25)18-24(31)27-17-16-23(20-8-4-2-5-9-20)21-10-6-3-7-11-21/h2-15,23H,16-18H2,1H3,(H,27,31)(H,29,32). The van der Waals surface area contributed by atoms with Gasteiger partial charge in [0, 0.05) is 18.0 Å². The van der Waals surface area contributed by atoms with Gasteiger partial charge in [0.15, 0.2) is 10.6 Å². The molecule has 0 spiro atoms. The van der Waals surface area contributed by atoms with Crippen LogP contribution in [0.4, 0.5) is 0 Å². The zero-order valence-corrected chi connectivity index (χ0v) is 18.8. The van der Waals surface area contributed by atoms with Crippen LogP contribution in [0.25, 0.3) is 11.4 Å². The van der Waals surface area contributed by atoms with Crippen molar-refractivity contribution in [3.05, 3.63) is 106 Å². The van der Waals surface area contributed by atoms with Crippen molar-refractivity contribution in [1.29, 1.82) is 0 Å². The van der Waals surface area contributed by atoms with Crippen LogP contribution >= 0.6 is 12.2 Å². The van der Waals surface area contributed by atoms with Crippen molar-refractivity contribution >= 4 is 18.1 Å². The molecule has 4 aromatic rings. The molecule has 162 valence electrons. The highest BCUT2D eigenvalue weighted by Gasteiger charge is 2.16. The van der Waals surface area contributed by atoms with Crippen LogP contribution in [0, 0.1) is 11.7 Å². The number of nitrogens with one attached hydrogen (secondary N) is 2. The lowest BCUT2D eigenvalue weighted by Crippen LogP contribution is -2.29. The minimum absolute atomic E-state index is 0.0873. The van der Waals surface area contributed by atoms with E-state index >= 15 is 0 Å². The molecule has 1 aromatic heterocycles. The van der Waals surface area contributed by atoms with E-state index in [-0.39, 0.29) is 18.4 Å². The molecule has 0 unspecified atom stereocenters. The summed E-state index contributed by atoms with van der Waals surface area (Å²) in [6.07, 6.45) is 0.807. The number of aromatic nitrogens is 3. The van der Waals surface area contributed by atoms with Crippen molar-refractivity contribution in [2.45, 2.75) is 25.8 Å². The molecule has 0 fully saturated rings. The zero-order valence-electron chi connectivity index (χ0n) is 18.0. The molecule has 6 heteroatoms. The Hall–Kier alpha value is -3.51. The molecule has 0 atom stereocenters. The third kappa shape index (κ3) is 5.21. The molecule has 0 radical (unpaired) electrons. The van der Waals surface area contributed by atoms with Gasteiger partial charge in [-0.15, -0.1) is 0 Å². The van der Waals surface area contributed by atoms with Crippen molar-refractivity contribution in [2.75, 3.05) is 6.54 Å². The van der Waals surface area contributed by atoms with E-state index in [4.69, 9.17) is 12.2 Å². The summed E-state index contributed by atoms with van der Waals surface area (Å²) in [5, 5.41) is 10.2. The van der Waals surface area contributed by atoms with Crippen LogP contribution in [0.2, 0.25) is 0 Å². The van der Waals surface area contributed by atoms with Crippen LogP contribution in [0.15, 0.2) is 84.9 Å². The molecule has 1 heterocycles. The maximum atomic E-state index is 12.7. The van der Waals surface area contributed by atoms with E-state index in [0.717, 1.165) is 12.0 Å². The van der Waals surface area contributed by atoms with Gasteiger partial charge in [0.2, 0.25) is 5.91 Å². The van der Waals surface area contributed by atoms with Gasteiger partial charge in [-0.05, 0) is 36.7 Å². The van der Waals surface area contributed by atoms with Gasteiger partial charge >= 0.3 is 0 Å². The van der Waals surface area contributed by atoms with E-state index in [2.05, 4.69) is 64.0 Å². The van der Waals surface area contributed by atoms with E-state index in [1.807, 2.05) is 43.3 Å². The van der Waals surface area contributed by atoms with Crippen LogP contribution in [0.1, 0.15) is 29.0 Å². The van der Waals surface area contributed by atoms with Crippen LogP contribution in [0.5, 0.6) is 0 Å². The Morgan fingerprint density at radius 2 is 1.56 bits per heavy atom. The fourth-order valence-electron chi connectivity index (χ4n) is 3.84. The quantitative estimate of drug-likeness (QED) is 0.366. The smallest absolute Gasteiger partial charge is 0.240 e. The summed E-state index contributed by atoms with van der Waals surface area (Å²) in [4.78, 5) is 12.7. The Morgan fingerprint density at radius 3 is 2.16 bits per heavy atom. The SMILES string of the molecule is Cc1ccc(-c2n[nH]c(=S)n2CC(=O)NCCC(c2ccccc2)c2ccccc2)cc1. The maximum absolute atomic E-state index is 12.7. The number of aromatic amines is 1. The molecule has 4 rings (SSSR count). The summed E-state index contributed by atoms with van der Waals surface area (Å²) in [5.41, 5.74) is 4.57. The van der Waals surface area contributed by atoms with E-state index < -0.39 is 0 Å². The first-order valence-electron chi connectivity index (χ1n) is 10.7. The van der Waals surface area contributed by atoms with Gasteiger partial charge in [0.05, 0.1) is 0 Å². The number of rotatable bonds is 8. The highest BCUT2D eigenvalue weighted by molar-refractivity contribution is 7.71. The first-order valence-corrected chi connectivity index (χ1v) is 11.1. The summed E-state index contributed by atoms with van der Waals surface area (Å²) >= 11 is 5.36. The number of aryl methyl sites for hydroxylation is 1. The molecule has 0 aliphatic heterocycles. The van der Waals surface area contributed by atoms with Gasteiger partial charge in [-0.3, -0.25) is 14.5 Å². The van der Waals surface area contributed by atoms with Gasteiger partial charge in [-0.25, -0.2) is 0 Å². The van der Waals surface area contributed by atoms with Crippen molar-refractivity contribution in [2.24, 2.45) is 0 Å². The second kappa shape index (κ2) is 10.2. The van der Waals surface area contributed by atoms with Gasteiger partial charge in [0.25, 0.3) is 0 Å². The predicted octanol–water partition coefficient (Wildman–Crippen LogP) is 5.25. The average molecular weight is 443 g/mol. The lowest BCUT2D eigenvalue weighted by molar-refractivity contribution is -0.121. The van der Waals surface area contributed by atoms with Crippen molar-refractivity contribution in [3.63, 3.8) is 0 Å². The second-order valence-electron chi connectivity index (χ2n) is 7.82. The van der Waals surface area contributed by atoms with Crippen LogP contribution < -0.4 is 5.32 Å². The van der Waals surface area contributed by atoms with E-state index in [1.54, 1.807) is 4.57 Å². The average Bonchev–Trinajstić information content (AvgIpc) is 3.18. The molecule has 0 bridgehead atoms. The lowest BCUT2D eigenvalue weighted by Gasteiger charge is -2.18. The largest absolute Gasteiger partial charge is 0.355 e. The minimum Gasteiger partial charge on any atom is -0.355 e. The van der Waals surface area contributed by atoms with Gasteiger partial charge in [-0.2, -0.15) is 5.10 Å². The molecule has 0 saturated heterocycles. The fourth-order valence-corrected chi connectivity index (χ4v) is 4.04. The topological polar surface area (TPSA) is 62.7 Å². The molecular formula is C26H26N4OS. The Labute approximate surface area is 193 Å². The highest BCUT2D eigenvalue weighted by Crippen LogP contribution is 2.27. The third-order valence-corrected chi connectivity index (χ3v) is 5.84. The Morgan fingerprint density at radius 1 is 0.969 bits per heavy atom. The highest BCUT2D eigenvalue weighted by atomic mass is 32.1. The number of carbonyl (C=O) groups is 1. The van der Waals surface area contributed by atoms with Crippen LogP contribution in [-0.4, -0.2) is 27.2 Å². The van der Waals surface area contributed by atoms with Gasteiger partial charge in [-0.1, -0.05) is 90.5 Å². The fraction of sp³-hybridized carbons (Fsp3) is 0.192. The summed E-state index contributed by atoms with van der Waals surface area (Å²) in [6, 6.07) is 28.8. The number of carbonyl (C=O) groups excluding carboxylic acids is 1. The zero-order chi connectivity index (χ0) is 22.3. The molecule has 32 heavy (non-hydrogen) atoms. The Balaban J connectivity index is 1.42. The molecule has 5 nitrogen and oxygen atoms in total. The molecular weight excluding hydrogens is 416 g/mol. The number of amides is 1. The molecule has 1 amide bonds. The van der Waals surface area contributed by atoms with Crippen LogP contribution in [0.3, 0.4) is 0 Å². The molecule has 0 saturated carbocycles. The molecule has 0 aliphatic carbocycles. The van der Waals surface area contributed by atoms with Crippen LogP contribution in [-0.2, 0) is 11.3 Å². The van der Waals surface area contributed by atoms with E-state index in [0.29, 0.717) is 17.1 Å². The Kier molecular flexibility index (Phi) is 6.92. The summed E-state index contributed by atoms with van der Waals surface area (Å²) in [7, 11) is 0. The third-order valence-electron chi connectivity index (χ3n) is 5.53. The molecule has 2 N–H and O–H groups in total. The monoisotopic (exact) mass is 442 g/mol. The Bertz CT molecular complexity index is 1170. The lowest BCUT2D eigenvalue weighted by atomic mass is 9.88. The second-order valence-corrected chi connectivity index (χ2v) is 8.20. The molecule has 0 aliphatic rings. The van der Waals surface area contributed by atoms with Crippen molar-refractivity contribution < 1.29 is 4.79 Å². The van der Waals surface area contributed by atoms with E-state index in [9.17, 15) is 4.79 Å². The van der Waals surface area contributed by atoms with Crippen molar-refractivity contribution in [1.82, 2.24) is 20.1 Å². The predicted molar refractivity (Wildman–Crippen MR) is 130 cm³/mol. The number of benzene rings is 3. The summed E-state index contributed by atoms with van der Waals surface area (Å²) < 4.78 is 2.17. The summed E-state index contributed by atoms with van der Waals surface area (Å²) in [6.45, 7) is 2.73. The maximum Gasteiger partial charge on any atom is 0.240 e. The minimum atomic E-state index is -0.0873. The van der Waals surface area contributed by atoms with Crippen molar-refractivity contribution in [3.8, 4) is 11.4 Å².